The van der Waals surface area contributed by atoms with Crippen LogP contribution in [0.15, 0.2) is 28.3 Å². The molecule has 0 aliphatic heterocycles. The van der Waals surface area contributed by atoms with Crippen LogP contribution in [0.25, 0.3) is 0 Å². The lowest BCUT2D eigenvalue weighted by Gasteiger charge is -2.29. The van der Waals surface area contributed by atoms with E-state index in [1.54, 1.807) is 0 Å². The third-order valence-corrected chi connectivity index (χ3v) is 5.18. The fraction of sp³-hybridized carbons (Fsp3) is 0.727. The number of halogens is 1. The second-order valence-corrected chi connectivity index (χ2v) is 8.23. The van der Waals surface area contributed by atoms with Gasteiger partial charge in [0.2, 0.25) is 0 Å². The van der Waals surface area contributed by atoms with E-state index in [1.807, 2.05) is 26.4 Å². The molecule has 0 radical (unpaired) electrons. The van der Waals surface area contributed by atoms with E-state index in [-0.39, 0.29) is 18.4 Å². The molecule has 0 saturated heterocycles. The number of pyridine rings is 1. The number of hydrogen-bond donors (Lipinski definition) is 0. The highest BCUT2D eigenvalue weighted by Crippen LogP contribution is 2.33. The molecule has 0 saturated carbocycles. The Bertz CT molecular complexity index is 640. The first-order valence-electron chi connectivity index (χ1n) is 10.3. The van der Waals surface area contributed by atoms with Gasteiger partial charge in [-0.15, -0.1) is 12.4 Å². The van der Waals surface area contributed by atoms with Crippen LogP contribution in [-0.4, -0.2) is 82.2 Å². The van der Waals surface area contributed by atoms with E-state index >= 15 is 0 Å². The van der Waals surface area contributed by atoms with Gasteiger partial charge in [-0.05, 0) is 72.6 Å². The van der Waals surface area contributed by atoms with Crippen LogP contribution in [0, 0.1) is 0 Å². The van der Waals surface area contributed by atoms with Gasteiger partial charge in [0.25, 0.3) is 0 Å². The average Bonchev–Trinajstić information content (AvgIpc) is 2.67. The number of aliphatic imine (C=N–C) groups is 2. The summed E-state index contributed by atoms with van der Waals surface area (Å²) < 4.78 is 0. The quantitative estimate of drug-likeness (QED) is 0.475. The zero-order valence-corrected chi connectivity index (χ0v) is 20.5. The largest absolute Gasteiger partial charge is 0.378 e. The van der Waals surface area contributed by atoms with Crippen molar-refractivity contribution in [1.29, 1.82) is 0 Å². The van der Waals surface area contributed by atoms with E-state index < -0.39 is 5.54 Å². The fourth-order valence-electron chi connectivity index (χ4n) is 3.01. The first kappa shape index (κ1) is 27.5. The molecule has 2 atom stereocenters. The smallest absolute Gasteiger partial charge is 0.114 e. The van der Waals surface area contributed by atoms with Gasteiger partial charge in [-0.1, -0.05) is 13.8 Å². The first-order chi connectivity index (χ1) is 13.2. The van der Waals surface area contributed by atoms with Crippen molar-refractivity contribution in [1.82, 2.24) is 14.8 Å². The lowest BCUT2D eigenvalue weighted by atomic mass is 9.88. The Morgan fingerprint density at radius 3 is 2.24 bits per heavy atom. The van der Waals surface area contributed by atoms with Crippen molar-refractivity contribution >= 4 is 24.1 Å². The molecule has 0 aliphatic carbocycles. The summed E-state index contributed by atoms with van der Waals surface area (Å²) in [4.78, 5) is 20.7. The minimum atomic E-state index is -0.403. The van der Waals surface area contributed by atoms with E-state index in [4.69, 9.17) is 9.98 Å². The van der Waals surface area contributed by atoms with Crippen molar-refractivity contribution in [2.75, 3.05) is 60.3 Å². The number of nitrogens with zero attached hydrogens (tertiary/aromatic N) is 6. The Labute approximate surface area is 184 Å². The molecule has 1 heterocycles. The van der Waals surface area contributed by atoms with Crippen LogP contribution < -0.4 is 4.90 Å². The zero-order valence-electron chi connectivity index (χ0n) is 19.6. The molecule has 1 rings (SSSR count). The molecule has 1 aromatic heterocycles. The standard InChI is InChI=1S/C22H40N6.ClH/c1-9-19(12-15-26(3)4)24-18-25-22(10-2,13-16-27(5)6)21-17-20(28(7)8)11-14-23-21;/h11,14,17,19H,9-10,12-13,15-16H2,1-8H3;1H. The minimum Gasteiger partial charge on any atom is -0.378 e. The normalized spacial score (nSPS) is 14.0. The Kier molecular flexibility index (Phi) is 13.0. The predicted octanol–water partition coefficient (Wildman–Crippen LogP) is 4.03. The van der Waals surface area contributed by atoms with Crippen LogP contribution >= 0.6 is 12.4 Å². The molecule has 2 unspecified atom stereocenters. The van der Waals surface area contributed by atoms with Gasteiger partial charge in [0.15, 0.2) is 0 Å². The van der Waals surface area contributed by atoms with Gasteiger partial charge in [-0.2, -0.15) is 0 Å². The third kappa shape index (κ3) is 9.26. The summed E-state index contributed by atoms with van der Waals surface area (Å²) in [5, 5.41) is 0. The van der Waals surface area contributed by atoms with Crippen LogP contribution in [-0.2, 0) is 5.54 Å². The topological polar surface area (TPSA) is 47.3 Å². The number of hydrogen-bond acceptors (Lipinski definition) is 6. The molecule has 0 aliphatic rings. The number of aromatic nitrogens is 1. The van der Waals surface area contributed by atoms with Gasteiger partial charge < -0.3 is 14.7 Å². The SMILES string of the molecule is CCC(CCN(C)C)N=C=NC(CC)(CCN(C)C)c1cc(N(C)C)ccn1.Cl. The van der Waals surface area contributed by atoms with Crippen molar-refractivity contribution in [3.63, 3.8) is 0 Å². The highest BCUT2D eigenvalue weighted by Gasteiger charge is 2.31. The molecule has 29 heavy (non-hydrogen) atoms. The van der Waals surface area contributed by atoms with E-state index in [9.17, 15) is 0 Å². The van der Waals surface area contributed by atoms with Gasteiger partial charge >= 0.3 is 0 Å². The lowest BCUT2D eigenvalue weighted by molar-refractivity contribution is 0.308. The van der Waals surface area contributed by atoms with Gasteiger partial charge in [-0.25, -0.2) is 9.98 Å². The van der Waals surface area contributed by atoms with Crippen LogP contribution in [0.2, 0.25) is 0 Å². The van der Waals surface area contributed by atoms with E-state index in [2.05, 4.69) is 73.8 Å². The molecule has 0 fully saturated rings. The number of anilines is 1. The predicted molar refractivity (Wildman–Crippen MR) is 128 cm³/mol. The van der Waals surface area contributed by atoms with Crippen LogP contribution in [0.3, 0.4) is 0 Å². The van der Waals surface area contributed by atoms with Crippen LogP contribution in [0.4, 0.5) is 5.69 Å². The first-order valence-corrected chi connectivity index (χ1v) is 10.3. The molecular weight excluding hydrogens is 384 g/mol. The van der Waals surface area contributed by atoms with Gasteiger partial charge in [-0.3, -0.25) is 4.98 Å². The number of rotatable bonds is 12. The van der Waals surface area contributed by atoms with E-state index in [0.29, 0.717) is 0 Å². The fourth-order valence-corrected chi connectivity index (χ4v) is 3.01. The van der Waals surface area contributed by atoms with E-state index in [1.165, 1.54) is 0 Å². The monoisotopic (exact) mass is 424 g/mol. The highest BCUT2D eigenvalue weighted by molar-refractivity contribution is 5.85. The maximum atomic E-state index is 4.89. The molecule has 6 nitrogen and oxygen atoms in total. The second-order valence-electron chi connectivity index (χ2n) is 8.23. The van der Waals surface area contributed by atoms with Crippen LogP contribution in [0.5, 0.6) is 0 Å². The van der Waals surface area contributed by atoms with Gasteiger partial charge in [0.1, 0.15) is 5.54 Å². The van der Waals surface area contributed by atoms with Crippen molar-refractivity contribution in [2.24, 2.45) is 9.98 Å². The maximum Gasteiger partial charge on any atom is 0.114 e. The second kappa shape index (κ2) is 13.7. The van der Waals surface area contributed by atoms with Crippen molar-refractivity contribution in [3.8, 4) is 0 Å². The van der Waals surface area contributed by atoms with Gasteiger partial charge in [0, 0.05) is 32.5 Å². The summed E-state index contributed by atoms with van der Waals surface area (Å²) in [6, 6.07) is 7.52. The lowest BCUT2D eigenvalue weighted by Crippen LogP contribution is -2.30. The summed E-state index contributed by atoms with van der Waals surface area (Å²) >= 11 is 0. The van der Waals surface area contributed by atoms with Crippen LogP contribution in [0.1, 0.15) is 45.2 Å². The van der Waals surface area contributed by atoms with Crippen molar-refractivity contribution in [2.45, 2.75) is 51.1 Å². The molecule has 1 aromatic rings. The summed E-state index contributed by atoms with van der Waals surface area (Å²) in [7, 11) is 12.5. The molecule has 0 bridgehead atoms. The molecular formula is C22H41ClN6. The van der Waals surface area contributed by atoms with E-state index in [0.717, 1.165) is 50.2 Å². The summed E-state index contributed by atoms with van der Waals surface area (Å²) in [5.41, 5.74) is 1.73. The Balaban J connectivity index is 0.00000784. The Morgan fingerprint density at radius 2 is 1.72 bits per heavy atom. The summed E-state index contributed by atoms with van der Waals surface area (Å²) in [6.07, 6.45) is 5.65. The third-order valence-electron chi connectivity index (χ3n) is 5.18. The molecule has 0 spiro atoms. The highest BCUT2D eigenvalue weighted by atomic mass is 35.5. The summed E-state index contributed by atoms with van der Waals surface area (Å²) in [6.45, 7) is 6.31. The average molecular weight is 425 g/mol. The summed E-state index contributed by atoms with van der Waals surface area (Å²) in [5.74, 6) is 0. The molecule has 7 heteroatoms. The van der Waals surface area contributed by atoms with Gasteiger partial charge in [0.05, 0.1) is 17.7 Å². The van der Waals surface area contributed by atoms with Crippen molar-refractivity contribution < 1.29 is 0 Å². The zero-order chi connectivity index (χ0) is 21.2. The molecule has 0 aromatic carbocycles. The minimum absolute atomic E-state index is 0. The van der Waals surface area contributed by atoms with Crippen molar-refractivity contribution in [3.05, 3.63) is 24.0 Å². The molecule has 0 N–H and O–H groups in total. The Hall–Kier alpha value is -1.46. The maximum absolute atomic E-state index is 4.89. The molecule has 166 valence electrons. The Morgan fingerprint density at radius 1 is 1.07 bits per heavy atom. The molecule has 0 amide bonds.